The van der Waals surface area contributed by atoms with Gasteiger partial charge in [-0.05, 0) is 52.8 Å². The van der Waals surface area contributed by atoms with E-state index < -0.39 is 18.1 Å². The Hall–Kier alpha value is -3.78. The Kier molecular flexibility index (Phi) is 8.97. The molecule has 0 spiro atoms. The Morgan fingerprint density at radius 2 is 1.64 bits per heavy atom. The maximum Gasteiger partial charge on any atom is 0.246 e. The van der Waals surface area contributed by atoms with E-state index in [0.717, 1.165) is 21.9 Å². The molecule has 4 rings (SSSR count). The lowest BCUT2D eigenvalue weighted by Gasteiger charge is -2.44. The first-order valence-corrected chi connectivity index (χ1v) is 13.5. The van der Waals surface area contributed by atoms with E-state index in [0.29, 0.717) is 12.8 Å². The zero-order chi connectivity index (χ0) is 28.1. The van der Waals surface area contributed by atoms with Crippen molar-refractivity contribution in [1.29, 1.82) is 0 Å². The predicted molar refractivity (Wildman–Crippen MR) is 150 cm³/mol. The second kappa shape index (κ2) is 12.4. The van der Waals surface area contributed by atoms with Crippen LogP contribution in [0.2, 0.25) is 0 Å². The highest BCUT2D eigenvalue weighted by atomic mass is 19.1. The quantitative estimate of drug-likeness (QED) is 0.442. The molecule has 1 aliphatic rings. The molecule has 3 aromatic carbocycles. The van der Waals surface area contributed by atoms with Crippen LogP contribution in [0.15, 0.2) is 66.7 Å². The number of fused-ring (bicyclic) bond motifs is 1. The van der Waals surface area contributed by atoms with Gasteiger partial charge in [-0.3, -0.25) is 14.4 Å². The van der Waals surface area contributed by atoms with Crippen LogP contribution in [0.1, 0.15) is 31.4 Å². The number of hydrogen-bond acceptors (Lipinski definition) is 4. The summed E-state index contributed by atoms with van der Waals surface area (Å²) < 4.78 is 13.3. The Bertz CT molecular complexity index is 1330. The van der Waals surface area contributed by atoms with Crippen molar-refractivity contribution in [3.63, 3.8) is 0 Å². The van der Waals surface area contributed by atoms with Crippen LogP contribution in [0.4, 0.5) is 4.39 Å². The molecule has 7 nitrogen and oxygen atoms in total. The van der Waals surface area contributed by atoms with E-state index in [1.807, 2.05) is 50.2 Å². The minimum atomic E-state index is -0.864. The molecular formula is C31H37FN4O3. The molecule has 1 aliphatic heterocycles. The predicted octanol–water partition coefficient (Wildman–Crippen LogP) is 3.29. The van der Waals surface area contributed by atoms with Crippen LogP contribution in [-0.2, 0) is 27.2 Å². The lowest BCUT2D eigenvalue weighted by atomic mass is 9.94. The molecule has 1 saturated heterocycles. The molecule has 0 aliphatic carbocycles. The zero-order valence-electron chi connectivity index (χ0n) is 22.8. The van der Waals surface area contributed by atoms with E-state index in [9.17, 15) is 18.8 Å². The van der Waals surface area contributed by atoms with Gasteiger partial charge < -0.3 is 20.9 Å². The standard InChI is InChI=1S/C31H37FN4O3/c1-20(2)16-28-31(39)35(14-15-36(28)30(38)26(33)18-21-9-12-25(32)13-10-21)27(29(37)34-3)19-22-8-11-23-6-4-5-7-24(23)17-22/h4-13,17,20,26-28H,14-16,18-19,33H2,1-3H3,(H,34,37)/t26?,27?,28-/m0/s1. The van der Waals surface area contributed by atoms with Gasteiger partial charge in [0.05, 0.1) is 6.04 Å². The fourth-order valence-electron chi connectivity index (χ4n) is 5.33. The van der Waals surface area contributed by atoms with Crippen molar-refractivity contribution in [1.82, 2.24) is 15.1 Å². The van der Waals surface area contributed by atoms with Crippen LogP contribution in [0.25, 0.3) is 10.8 Å². The van der Waals surface area contributed by atoms with Gasteiger partial charge in [-0.25, -0.2) is 4.39 Å². The van der Waals surface area contributed by atoms with Gasteiger partial charge in [0.1, 0.15) is 17.9 Å². The third-order valence-corrected chi connectivity index (χ3v) is 7.36. The molecule has 0 bridgehead atoms. The van der Waals surface area contributed by atoms with Crippen molar-refractivity contribution < 1.29 is 18.8 Å². The Labute approximate surface area is 229 Å². The van der Waals surface area contributed by atoms with Crippen molar-refractivity contribution in [2.45, 2.75) is 51.2 Å². The molecule has 3 N–H and O–H groups in total. The summed E-state index contributed by atoms with van der Waals surface area (Å²) in [5, 5.41) is 4.90. The fraction of sp³-hybridized carbons (Fsp3) is 0.387. The summed E-state index contributed by atoms with van der Waals surface area (Å²) in [6.45, 7) is 4.51. The number of halogens is 1. The maximum absolute atomic E-state index is 13.9. The summed E-state index contributed by atoms with van der Waals surface area (Å²) in [5.41, 5.74) is 8.00. The highest BCUT2D eigenvalue weighted by Crippen LogP contribution is 2.24. The number of nitrogens with two attached hydrogens (primary N) is 1. The molecule has 39 heavy (non-hydrogen) atoms. The molecule has 3 atom stereocenters. The minimum Gasteiger partial charge on any atom is -0.357 e. The number of nitrogens with one attached hydrogen (secondary N) is 1. The van der Waals surface area contributed by atoms with Crippen molar-refractivity contribution in [2.75, 3.05) is 20.1 Å². The van der Waals surface area contributed by atoms with Gasteiger partial charge in [-0.15, -0.1) is 0 Å². The average Bonchev–Trinajstić information content (AvgIpc) is 2.93. The van der Waals surface area contributed by atoms with Gasteiger partial charge in [0.2, 0.25) is 17.7 Å². The lowest BCUT2D eigenvalue weighted by molar-refractivity contribution is -0.157. The summed E-state index contributed by atoms with van der Waals surface area (Å²) in [4.78, 5) is 43.7. The number of carbonyl (C=O) groups excluding carboxylic acids is 3. The van der Waals surface area contributed by atoms with Crippen molar-refractivity contribution in [3.8, 4) is 0 Å². The van der Waals surface area contributed by atoms with Crippen LogP contribution in [0.5, 0.6) is 0 Å². The monoisotopic (exact) mass is 532 g/mol. The van der Waals surface area contributed by atoms with E-state index in [2.05, 4.69) is 11.4 Å². The first-order valence-electron chi connectivity index (χ1n) is 13.5. The average molecular weight is 533 g/mol. The Morgan fingerprint density at radius 3 is 2.31 bits per heavy atom. The van der Waals surface area contributed by atoms with E-state index in [-0.39, 0.29) is 49.0 Å². The molecule has 2 unspecified atom stereocenters. The number of rotatable bonds is 9. The van der Waals surface area contributed by atoms with Gasteiger partial charge in [-0.2, -0.15) is 0 Å². The summed E-state index contributed by atoms with van der Waals surface area (Å²) in [6.07, 6.45) is 1.06. The van der Waals surface area contributed by atoms with Crippen molar-refractivity contribution in [3.05, 3.63) is 83.7 Å². The molecule has 0 aromatic heterocycles. The first kappa shape index (κ1) is 28.2. The highest BCUT2D eigenvalue weighted by molar-refractivity contribution is 5.94. The summed E-state index contributed by atoms with van der Waals surface area (Å²) in [7, 11) is 1.57. The Morgan fingerprint density at radius 1 is 0.974 bits per heavy atom. The molecule has 1 heterocycles. The summed E-state index contributed by atoms with van der Waals surface area (Å²) in [5.74, 6) is -1.02. The SMILES string of the molecule is CNC(=O)C(Cc1ccc2ccccc2c1)N1CCN(C(=O)C(N)Cc2ccc(F)cc2)[C@@H](CC(C)C)C1=O. The molecule has 3 amide bonds. The van der Waals surface area contributed by atoms with Gasteiger partial charge >= 0.3 is 0 Å². The molecule has 0 saturated carbocycles. The number of carbonyl (C=O) groups is 3. The van der Waals surface area contributed by atoms with Crippen LogP contribution in [-0.4, -0.2) is 65.8 Å². The number of likely N-dealkylation sites (N-methyl/N-ethyl adjacent to an activating group) is 1. The van der Waals surface area contributed by atoms with Crippen LogP contribution in [0.3, 0.4) is 0 Å². The van der Waals surface area contributed by atoms with Gasteiger partial charge in [-0.1, -0.05) is 68.4 Å². The van der Waals surface area contributed by atoms with E-state index in [1.54, 1.807) is 29.0 Å². The third kappa shape index (κ3) is 6.63. The number of hydrogen-bond donors (Lipinski definition) is 2. The zero-order valence-corrected chi connectivity index (χ0v) is 22.8. The number of amides is 3. The highest BCUT2D eigenvalue weighted by Gasteiger charge is 2.42. The van der Waals surface area contributed by atoms with E-state index >= 15 is 0 Å². The number of nitrogens with zero attached hydrogens (tertiary/aromatic N) is 2. The van der Waals surface area contributed by atoms with Crippen LogP contribution in [0, 0.1) is 11.7 Å². The second-order valence-corrected chi connectivity index (χ2v) is 10.7. The largest absolute Gasteiger partial charge is 0.357 e. The molecule has 206 valence electrons. The molecule has 3 aromatic rings. The van der Waals surface area contributed by atoms with E-state index in [4.69, 9.17) is 5.73 Å². The first-order chi connectivity index (χ1) is 18.7. The van der Waals surface area contributed by atoms with Crippen molar-refractivity contribution >= 4 is 28.5 Å². The topological polar surface area (TPSA) is 95.7 Å². The van der Waals surface area contributed by atoms with Gasteiger partial charge in [0.15, 0.2) is 0 Å². The second-order valence-electron chi connectivity index (χ2n) is 10.7. The Balaban J connectivity index is 1.55. The number of piperazine rings is 1. The molecule has 8 heteroatoms. The van der Waals surface area contributed by atoms with Crippen LogP contribution < -0.4 is 11.1 Å². The molecule has 1 fully saturated rings. The maximum atomic E-state index is 13.9. The fourth-order valence-corrected chi connectivity index (χ4v) is 5.33. The van der Waals surface area contributed by atoms with Crippen molar-refractivity contribution in [2.24, 2.45) is 11.7 Å². The third-order valence-electron chi connectivity index (χ3n) is 7.36. The molecule has 0 radical (unpaired) electrons. The number of benzene rings is 3. The van der Waals surface area contributed by atoms with Gasteiger partial charge in [0.25, 0.3) is 0 Å². The summed E-state index contributed by atoms with van der Waals surface area (Å²) in [6, 6.07) is 17.7. The van der Waals surface area contributed by atoms with E-state index in [1.165, 1.54) is 12.1 Å². The normalized spacial score (nSPS) is 17.4. The van der Waals surface area contributed by atoms with Gasteiger partial charge in [0, 0.05) is 26.6 Å². The van der Waals surface area contributed by atoms with Crippen LogP contribution >= 0.6 is 0 Å². The summed E-state index contributed by atoms with van der Waals surface area (Å²) >= 11 is 0. The molecular weight excluding hydrogens is 495 g/mol. The lowest BCUT2D eigenvalue weighted by Crippen LogP contribution is -2.65. The minimum absolute atomic E-state index is 0.140. The smallest absolute Gasteiger partial charge is 0.246 e.